The minimum atomic E-state index is -1.17. The van der Waals surface area contributed by atoms with Crippen LogP contribution in [0.2, 0.25) is 0 Å². The summed E-state index contributed by atoms with van der Waals surface area (Å²) >= 11 is 0. The maximum absolute atomic E-state index is 13.9. The zero-order valence-corrected chi connectivity index (χ0v) is 24.7. The molecule has 2 aromatic heterocycles. The van der Waals surface area contributed by atoms with Gasteiger partial charge >= 0.3 is 6.09 Å². The van der Waals surface area contributed by atoms with Gasteiger partial charge in [-0.25, -0.2) is 14.8 Å². The molecule has 2 fully saturated rings. The highest BCUT2D eigenvalue weighted by molar-refractivity contribution is 5.81. The van der Waals surface area contributed by atoms with E-state index in [1.807, 2.05) is 56.0 Å². The molecular weight excluding hydrogens is 538 g/mol. The largest absolute Gasteiger partial charge is 0.481 e. The van der Waals surface area contributed by atoms with Crippen molar-refractivity contribution in [2.24, 2.45) is 5.92 Å². The van der Waals surface area contributed by atoms with Gasteiger partial charge in [-0.2, -0.15) is 0 Å². The Morgan fingerprint density at radius 3 is 2.43 bits per heavy atom. The number of hydrogen-bond donors (Lipinski definition) is 1. The Balaban J connectivity index is 1.27. The Morgan fingerprint density at radius 2 is 1.76 bits per heavy atom. The van der Waals surface area contributed by atoms with E-state index in [1.54, 1.807) is 17.0 Å². The Kier molecular flexibility index (Phi) is 8.23. The van der Waals surface area contributed by atoms with Crippen molar-refractivity contribution < 1.29 is 24.2 Å². The number of fused-ring (bicyclic) bond motifs is 1. The van der Waals surface area contributed by atoms with Crippen LogP contribution in [0.25, 0.3) is 11.0 Å². The summed E-state index contributed by atoms with van der Waals surface area (Å²) in [6.45, 7) is 7.14. The number of pyridine rings is 1. The van der Waals surface area contributed by atoms with Crippen LogP contribution in [0.1, 0.15) is 51.5 Å². The number of amides is 2. The van der Waals surface area contributed by atoms with Crippen LogP contribution >= 0.6 is 0 Å². The Hall–Kier alpha value is -3.99. The van der Waals surface area contributed by atoms with Gasteiger partial charge in [0.15, 0.2) is 5.52 Å². The highest BCUT2D eigenvalue weighted by Gasteiger charge is 2.42. The first-order valence-corrected chi connectivity index (χ1v) is 14.4. The summed E-state index contributed by atoms with van der Waals surface area (Å²) in [4.78, 5) is 51.9. The van der Waals surface area contributed by atoms with Crippen LogP contribution in [0.3, 0.4) is 0 Å². The van der Waals surface area contributed by atoms with Crippen LogP contribution in [-0.2, 0) is 16.1 Å². The van der Waals surface area contributed by atoms with E-state index in [9.17, 15) is 19.5 Å². The second-order valence-electron chi connectivity index (χ2n) is 12.3. The van der Waals surface area contributed by atoms with Gasteiger partial charge < -0.3 is 24.4 Å². The molecule has 1 N–H and O–H groups in total. The summed E-state index contributed by atoms with van der Waals surface area (Å²) in [6, 6.07) is 13.1. The molecule has 2 saturated heterocycles. The topological polar surface area (TPSA) is 127 Å². The standard InChI is InChI=1S/C31H39N5O6/c1-30(2,3)42-29(39)35-15-12-22(23(18-35)21-8-6-5-7-9-21)27(37)34-16-13-31(40,14-17-34)19-36-20-32-24-10-11-25(41-4)33-26(24)28(36)38/h5-11,20,22-23,40H,12-19H2,1-4H3/t22-,23+/m1/s1. The lowest BCUT2D eigenvalue weighted by molar-refractivity contribution is -0.142. The quantitative estimate of drug-likeness (QED) is 0.490. The van der Waals surface area contributed by atoms with E-state index >= 15 is 0 Å². The van der Waals surface area contributed by atoms with E-state index in [4.69, 9.17) is 9.47 Å². The van der Waals surface area contributed by atoms with E-state index in [0.717, 1.165) is 5.56 Å². The van der Waals surface area contributed by atoms with Gasteiger partial charge in [-0.15, -0.1) is 0 Å². The minimum absolute atomic E-state index is 0.0237. The van der Waals surface area contributed by atoms with E-state index in [0.29, 0.717) is 56.8 Å². The Labute approximate surface area is 245 Å². The number of aliphatic hydroxyl groups is 1. The number of hydrogen-bond acceptors (Lipinski definition) is 8. The number of likely N-dealkylation sites (tertiary alicyclic amines) is 2. The van der Waals surface area contributed by atoms with Crippen LogP contribution in [0.4, 0.5) is 4.79 Å². The summed E-state index contributed by atoms with van der Waals surface area (Å²) in [5.74, 6) is -0.135. The van der Waals surface area contributed by atoms with Crippen LogP contribution in [0.5, 0.6) is 5.88 Å². The first-order valence-electron chi connectivity index (χ1n) is 14.4. The van der Waals surface area contributed by atoms with Crippen LogP contribution in [-0.4, -0.2) is 85.9 Å². The highest BCUT2D eigenvalue weighted by Crippen LogP contribution is 2.36. The van der Waals surface area contributed by atoms with Gasteiger partial charge in [0.25, 0.3) is 5.56 Å². The normalized spacial score (nSPS) is 20.8. The summed E-state index contributed by atoms with van der Waals surface area (Å²) in [7, 11) is 1.48. The molecular formula is C31H39N5O6. The fraction of sp³-hybridized carbons (Fsp3) is 0.516. The predicted molar refractivity (Wildman–Crippen MR) is 156 cm³/mol. The second-order valence-corrected chi connectivity index (χ2v) is 12.3. The lowest BCUT2D eigenvalue weighted by Gasteiger charge is -2.43. The van der Waals surface area contributed by atoms with Gasteiger partial charge in [0, 0.05) is 44.1 Å². The van der Waals surface area contributed by atoms with Gasteiger partial charge in [-0.1, -0.05) is 30.3 Å². The molecule has 0 aliphatic carbocycles. The fourth-order valence-electron chi connectivity index (χ4n) is 5.87. The summed E-state index contributed by atoms with van der Waals surface area (Å²) in [6.07, 6.45) is 2.22. The number of carbonyl (C=O) groups is 2. The summed E-state index contributed by atoms with van der Waals surface area (Å²) in [5.41, 5.74) is -0.492. The third-order valence-electron chi connectivity index (χ3n) is 8.14. The maximum Gasteiger partial charge on any atom is 0.410 e. The number of carbonyl (C=O) groups excluding carboxylic acids is 2. The zero-order valence-electron chi connectivity index (χ0n) is 24.7. The van der Waals surface area contributed by atoms with E-state index in [-0.39, 0.29) is 41.5 Å². The Morgan fingerprint density at radius 1 is 1.05 bits per heavy atom. The lowest BCUT2D eigenvalue weighted by atomic mass is 9.79. The smallest absolute Gasteiger partial charge is 0.410 e. The van der Waals surface area contributed by atoms with Crippen molar-refractivity contribution in [1.29, 1.82) is 0 Å². The number of methoxy groups -OCH3 is 1. The molecule has 2 amide bonds. The highest BCUT2D eigenvalue weighted by atomic mass is 16.6. The molecule has 42 heavy (non-hydrogen) atoms. The molecule has 0 unspecified atom stereocenters. The number of nitrogens with zero attached hydrogens (tertiary/aromatic N) is 5. The average molecular weight is 578 g/mol. The molecule has 2 atom stereocenters. The van der Waals surface area contributed by atoms with Crippen molar-refractivity contribution in [2.75, 3.05) is 33.3 Å². The molecule has 224 valence electrons. The van der Waals surface area contributed by atoms with Crippen LogP contribution in [0, 0.1) is 5.92 Å². The second kappa shape index (κ2) is 11.7. The third kappa shape index (κ3) is 6.41. The van der Waals surface area contributed by atoms with Gasteiger partial charge in [0.05, 0.1) is 31.1 Å². The molecule has 11 heteroatoms. The van der Waals surface area contributed by atoms with E-state index in [2.05, 4.69) is 9.97 Å². The van der Waals surface area contributed by atoms with Gasteiger partial charge in [0.1, 0.15) is 5.60 Å². The maximum atomic E-state index is 13.9. The van der Waals surface area contributed by atoms with Crippen LogP contribution < -0.4 is 10.3 Å². The molecule has 0 saturated carbocycles. The molecule has 2 aliphatic heterocycles. The number of ether oxygens (including phenoxy) is 2. The van der Waals surface area contributed by atoms with Crippen LogP contribution in [0.15, 0.2) is 53.6 Å². The molecule has 2 aliphatic rings. The SMILES string of the molecule is COc1ccc2ncn(CC3(O)CCN(C(=O)[C@@H]4CCN(C(=O)OC(C)(C)C)C[C@H]4c4ccccc4)CC3)c(=O)c2n1. The average Bonchev–Trinajstić information content (AvgIpc) is 2.98. The molecule has 5 rings (SSSR count). The fourth-order valence-corrected chi connectivity index (χ4v) is 5.87. The monoisotopic (exact) mass is 577 g/mol. The van der Waals surface area contributed by atoms with E-state index in [1.165, 1.54) is 18.0 Å². The summed E-state index contributed by atoms with van der Waals surface area (Å²) < 4.78 is 12.1. The lowest BCUT2D eigenvalue weighted by Crippen LogP contribution is -2.53. The number of benzene rings is 1. The third-order valence-corrected chi connectivity index (χ3v) is 8.14. The molecule has 4 heterocycles. The van der Waals surface area contributed by atoms with Crippen molar-refractivity contribution in [1.82, 2.24) is 24.3 Å². The molecule has 3 aromatic rings. The van der Waals surface area contributed by atoms with Gasteiger partial charge in [-0.05, 0) is 51.7 Å². The predicted octanol–water partition coefficient (Wildman–Crippen LogP) is 3.19. The van der Waals surface area contributed by atoms with E-state index < -0.39 is 11.2 Å². The minimum Gasteiger partial charge on any atom is -0.481 e. The van der Waals surface area contributed by atoms with Gasteiger partial charge in [-0.3, -0.25) is 14.2 Å². The van der Waals surface area contributed by atoms with Crippen molar-refractivity contribution >= 4 is 23.0 Å². The molecule has 11 nitrogen and oxygen atoms in total. The van der Waals surface area contributed by atoms with Crippen molar-refractivity contribution in [3.63, 3.8) is 0 Å². The molecule has 1 aromatic carbocycles. The van der Waals surface area contributed by atoms with Crippen molar-refractivity contribution in [3.05, 3.63) is 64.7 Å². The number of rotatable bonds is 5. The summed E-state index contributed by atoms with van der Waals surface area (Å²) in [5, 5.41) is 11.4. The number of piperidine rings is 2. The molecule has 0 bridgehead atoms. The van der Waals surface area contributed by atoms with Crippen molar-refractivity contribution in [2.45, 2.75) is 63.7 Å². The number of aromatic nitrogens is 3. The first-order chi connectivity index (χ1) is 20.0. The van der Waals surface area contributed by atoms with Crippen molar-refractivity contribution in [3.8, 4) is 5.88 Å². The Bertz CT molecular complexity index is 1490. The molecule has 0 radical (unpaired) electrons. The first kappa shape index (κ1) is 29.5. The van der Waals surface area contributed by atoms with Gasteiger partial charge in [0.2, 0.25) is 11.8 Å². The zero-order chi connectivity index (χ0) is 30.1. The molecule has 0 spiro atoms.